The minimum atomic E-state index is -0.0209. The van der Waals surface area contributed by atoms with Crippen molar-refractivity contribution in [2.24, 2.45) is 0 Å². The van der Waals surface area contributed by atoms with E-state index >= 15 is 0 Å². The van der Waals surface area contributed by atoms with Crippen molar-refractivity contribution in [3.63, 3.8) is 0 Å². The van der Waals surface area contributed by atoms with E-state index < -0.39 is 0 Å². The first-order valence-corrected chi connectivity index (χ1v) is 11.1. The summed E-state index contributed by atoms with van der Waals surface area (Å²) in [6.45, 7) is 0. The Bertz CT molecular complexity index is 1220. The lowest BCUT2D eigenvalue weighted by Crippen LogP contribution is -2.12. The van der Waals surface area contributed by atoms with Crippen molar-refractivity contribution in [1.82, 2.24) is 0 Å². The largest absolute Gasteiger partial charge is 0.507 e. The molecule has 4 rings (SSSR count). The van der Waals surface area contributed by atoms with Crippen LogP contribution in [0.4, 0.5) is 5.69 Å². The normalized spacial score (nSPS) is 10.9. The fourth-order valence-electron chi connectivity index (χ4n) is 3.49. The molecular weight excluding hydrogens is 410 g/mol. The first kappa shape index (κ1) is 20.9. The number of methoxy groups -OCH3 is 1. The first-order chi connectivity index (χ1) is 15.1. The monoisotopic (exact) mass is 433 g/mol. The Kier molecular flexibility index (Phi) is 6.18. The molecule has 2 N–H and O–H groups in total. The zero-order valence-corrected chi connectivity index (χ0v) is 18.2. The van der Waals surface area contributed by atoms with Crippen molar-refractivity contribution >= 4 is 34.3 Å². The first-order valence-electron chi connectivity index (χ1n) is 9.90. The number of benzene rings is 3. The van der Waals surface area contributed by atoms with Gasteiger partial charge in [0.1, 0.15) is 17.1 Å². The molecule has 0 saturated carbocycles. The van der Waals surface area contributed by atoms with Crippen LogP contribution in [0.1, 0.15) is 12.0 Å². The molecule has 3 aromatic carbocycles. The SMILES string of the molecule is COc1ccc(-c2oc3ccc(CCC(=O)Nc4ccccc4)cc3c2SC)c(O)c1. The average Bonchev–Trinajstić information content (AvgIpc) is 3.15. The second-order valence-electron chi connectivity index (χ2n) is 7.09. The van der Waals surface area contributed by atoms with Crippen molar-refractivity contribution in [3.05, 3.63) is 72.3 Å². The lowest BCUT2D eigenvalue weighted by molar-refractivity contribution is -0.116. The molecule has 0 bridgehead atoms. The topological polar surface area (TPSA) is 71.7 Å². The van der Waals surface area contributed by atoms with Gasteiger partial charge in [-0.1, -0.05) is 24.3 Å². The summed E-state index contributed by atoms with van der Waals surface area (Å²) >= 11 is 1.56. The molecule has 1 heterocycles. The van der Waals surface area contributed by atoms with Crippen molar-refractivity contribution in [2.75, 3.05) is 18.7 Å². The number of aryl methyl sites for hydroxylation is 1. The third kappa shape index (κ3) is 4.54. The van der Waals surface area contributed by atoms with Gasteiger partial charge < -0.3 is 19.6 Å². The number of aromatic hydroxyl groups is 1. The van der Waals surface area contributed by atoms with E-state index in [1.807, 2.05) is 48.7 Å². The summed E-state index contributed by atoms with van der Waals surface area (Å²) in [5, 5.41) is 14.3. The number of fused-ring (bicyclic) bond motifs is 1. The molecule has 158 valence electrons. The lowest BCUT2D eigenvalue weighted by atomic mass is 10.1. The number of thioether (sulfide) groups is 1. The minimum Gasteiger partial charge on any atom is -0.507 e. The number of amides is 1. The molecule has 0 atom stereocenters. The number of para-hydroxylation sites is 1. The Morgan fingerprint density at radius 3 is 2.61 bits per heavy atom. The molecular formula is C25H23NO4S. The third-order valence-corrected chi connectivity index (χ3v) is 5.87. The number of carbonyl (C=O) groups is 1. The zero-order chi connectivity index (χ0) is 21.8. The number of rotatable bonds is 7. The quantitative estimate of drug-likeness (QED) is 0.344. The summed E-state index contributed by atoms with van der Waals surface area (Å²) in [5.74, 6) is 1.29. The number of furan rings is 1. The van der Waals surface area contributed by atoms with Crippen LogP contribution >= 0.6 is 11.8 Å². The zero-order valence-electron chi connectivity index (χ0n) is 17.3. The van der Waals surface area contributed by atoms with Gasteiger partial charge in [-0.15, -0.1) is 11.8 Å². The average molecular weight is 434 g/mol. The smallest absolute Gasteiger partial charge is 0.224 e. The van der Waals surface area contributed by atoms with Gasteiger partial charge in [-0.2, -0.15) is 0 Å². The summed E-state index contributed by atoms with van der Waals surface area (Å²) in [6, 6.07) is 20.6. The Hall–Kier alpha value is -3.38. The van der Waals surface area contributed by atoms with Crippen LogP contribution in [0.3, 0.4) is 0 Å². The van der Waals surface area contributed by atoms with Crippen LogP contribution in [0.2, 0.25) is 0 Å². The van der Waals surface area contributed by atoms with Gasteiger partial charge in [-0.3, -0.25) is 4.79 Å². The number of ether oxygens (including phenoxy) is 1. The second-order valence-corrected chi connectivity index (χ2v) is 7.91. The predicted octanol–water partition coefficient (Wildman–Crippen LogP) is 6.11. The fraction of sp³-hybridized carbons (Fsp3) is 0.160. The van der Waals surface area contributed by atoms with E-state index in [2.05, 4.69) is 11.4 Å². The van der Waals surface area contributed by atoms with E-state index in [1.165, 1.54) is 0 Å². The number of phenolic OH excluding ortho intramolecular Hbond substituents is 1. The van der Waals surface area contributed by atoms with Crippen LogP contribution in [-0.2, 0) is 11.2 Å². The number of carbonyl (C=O) groups excluding carboxylic acids is 1. The Labute approximate surface area is 185 Å². The molecule has 5 nitrogen and oxygen atoms in total. The Balaban J connectivity index is 1.57. The van der Waals surface area contributed by atoms with Crippen LogP contribution in [0.15, 0.2) is 76.0 Å². The molecule has 0 saturated heterocycles. The molecule has 0 spiro atoms. The minimum absolute atomic E-state index is 0.0209. The van der Waals surface area contributed by atoms with Crippen LogP contribution in [0.25, 0.3) is 22.3 Å². The molecule has 0 aliphatic rings. The van der Waals surface area contributed by atoms with Gasteiger partial charge in [0.05, 0.1) is 17.6 Å². The molecule has 4 aromatic rings. The van der Waals surface area contributed by atoms with Gasteiger partial charge >= 0.3 is 0 Å². The van der Waals surface area contributed by atoms with E-state index in [9.17, 15) is 9.90 Å². The molecule has 0 unspecified atom stereocenters. The molecule has 0 aliphatic heterocycles. The Morgan fingerprint density at radius 2 is 1.90 bits per heavy atom. The van der Waals surface area contributed by atoms with E-state index in [0.29, 0.717) is 29.9 Å². The summed E-state index contributed by atoms with van der Waals surface area (Å²) in [5.41, 5.74) is 3.21. The molecule has 6 heteroatoms. The van der Waals surface area contributed by atoms with E-state index in [4.69, 9.17) is 9.15 Å². The van der Waals surface area contributed by atoms with Gasteiger partial charge in [0.15, 0.2) is 5.76 Å². The van der Waals surface area contributed by atoms with Crippen LogP contribution in [0.5, 0.6) is 11.5 Å². The molecule has 0 radical (unpaired) electrons. The van der Waals surface area contributed by atoms with E-state index in [0.717, 1.165) is 27.1 Å². The highest BCUT2D eigenvalue weighted by atomic mass is 32.2. The van der Waals surface area contributed by atoms with Gasteiger partial charge in [0.25, 0.3) is 0 Å². The highest BCUT2D eigenvalue weighted by Crippen LogP contribution is 2.43. The second kappa shape index (κ2) is 9.18. The van der Waals surface area contributed by atoms with E-state index in [1.54, 1.807) is 37.1 Å². The number of hydrogen-bond acceptors (Lipinski definition) is 5. The Morgan fingerprint density at radius 1 is 1.10 bits per heavy atom. The maximum absolute atomic E-state index is 12.3. The number of phenols is 1. The summed E-state index contributed by atoms with van der Waals surface area (Å²) < 4.78 is 11.3. The maximum atomic E-state index is 12.3. The molecule has 0 aliphatic carbocycles. The highest BCUT2D eigenvalue weighted by Gasteiger charge is 2.19. The fourth-order valence-corrected chi connectivity index (χ4v) is 4.21. The maximum Gasteiger partial charge on any atom is 0.224 e. The third-order valence-electron chi connectivity index (χ3n) is 5.06. The summed E-state index contributed by atoms with van der Waals surface area (Å²) in [7, 11) is 1.56. The summed E-state index contributed by atoms with van der Waals surface area (Å²) in [6.07, 6.45) is 2.99. The summed E-state index contributed by atoms with van der Waals surface area (Å²) in [4.78, 5) is 13.2. The van der Waals surface area contributed by atoms with Gasteiger partial charge in [-0.05, 0) is 54.6 Å². The van der Waals surface area contributed by atoms with Crippen molar-refractivity contribution < 1.29 is 19.1 Å². The van der Waals surface area contributed by atoms with Crippen LogP contribution in [-0.4, -0.2) is 24.4 Å². The number of anilines is 1. The number of hydrogen-bond donors (Lipinski definition) is 2. The van der Waals surface area contributed by atoms with Crippen molar-refractivity contribution in [3.8, 4) is 22.8 Å². The lowest BCUT2D eigenvalue weighted by Gasteiger charge is -2.06. The standard InChI is InChI=1S/C25H23NO4S/c1-29-18-10-11-19(21(27)15-18)24-25(31-2)20-14-16(8-12-22(20)30-24)9-13-23(28)26-17-6-4-3-5-7-17/h3-8,10-12,14-15,27H,9,13H2,1-2H3,(H,26,28). The molecule has 0 fully saturated rings. The van der Waals surface area contributed by atoms with Gasteiger partial charge in [-0.25, -0.2) is 0 Å². The van der Waals surface area contributed by atoms with Crippen LogP contribution in [0, 0.1) is 0 Å². The highest BCUT2D eigenvalue weighted by molar-refractivity contribution is 7.99. The van der Waals surface area contributed by atoms with Crippen LogP contribution < -0.4 is 10.1 Å². The van der Waals surface area contributed by atoms with Gasteiger partial charge in [0.2, 0.25) is 5.91 Å². The number of nitrogens with one attached hydrogen (secondary N) is 1. The predicted molar refractivity (Wildman–Crippen MR) is 125 cm³/mol. The molecule has 1 amide bonds. The molecule has 1 aromatic heterocycles. The van der Waals surface area contributed by atoms with E-state index in [-0.39, 0.29) is 11.7 Å². The van der Waals surface area contributed by atoms with Gasteiger partial charge in [0, 0.05) is 23.6 Å². The van der Waals surface area contributed by atoms with Crippen molar-refractivity contribution in [1.29, 1.82) is 0 Å². The molecule has 31 heavy (non-hydrogen) atoms. The van der Waals surface area contributed by atoms with Crippen molar-refractivity contribution in [2.45, 2.75) is 17.7 Å².